The van der Waals surface area contributed by atoms with Crippen molar-refractivity contribution in [1.82, 2.24) is 10.2 Å². The molecular formula is C22H26N4O3. The first kappa shape index (κ1) is 20.4. The number of benzene rings is 2. The van der Waals surface area contributed by atoms with Crippen LogP contribution in [0.1, 0.15) is 23.7 Å². The molecule has 2 aromatic rings. The average molecular weight is 394 g/mol. The molecule has 3 rings (SSSR count). The number of rotatable bonds is 6. The molecule has 152 valence electrons. The number of hydrogen-bond donors (Lipinski definition) is 2. The van der Waals surface area contributed by atoms with Gasteiger partial charge < -0.3 is 20.4 Å². The van der Waals surface area contributed by atoms with Crippen LogP contribution in [0.4, 0.5) is 16.2 Å². The van der Waals surface area contributed by atoms with Gasteiger partial charge in [-0.05, 0) is 43.3 Å². The third kappa shape index (κ3) is 5.81. The molecule has 7 nitrogen and oxygen atoms in total. The minimum absolute atomic E-state index is 0.0385. The summed E-state index contributed by atoms with van der Waals surface area (Å²) < 4.78 is 0. The number of carbonyl (C=O) groups excluding carboxylic acids is 3. The summed E-state index contributed by atoms with van der Waals surface area (Å²) in [6.45, 7) is 4.62. The second-order valence-corrected chi connectivity index (χ2v) is 6.97. The van der Waals surface area contributed by atoms with Gasteiger partial charge >= 0.3 is 6.03 Å². The zero-order valence-corrected chi connectivity index (χ0v) is 16.6. The first-order valence-corrected chi connectivity index (χ1v) is 9.76. The Balaban J connectivity index is 1.38. The molecule has 1 fully saturated rings. The molecule has 29 heavy (non-hydrogen) atoms. The van der Waals surface area contributed by atoms with Gasteiger partial charge in [-0.3, -0.25) is 9.59 Å². The Kier molecular flexibility index (Phi) is 6.84. The lowest BCUT2D eigenvalue weighted by Crippen LogP contribution is -2.49. The summed E-state index contributed by atoms with van der Waals surface area (Å²) in [5.41, 5.74) is 2.47. The quantitative estimate of drug-likeness (QED) is 0.738. The highest BCUT2D eigenvalue weighted by atomic mass is 16.2. The van der Waals surface area contributed by atoms with E-state index in [1.54, 1.807) is 19.1 Å². The standard InChI is InChI=1S/C22H26N4O3/c1-17(27)18-7-9-20(10-8-18)25-13-15-26(16-14-25)21(28)11-12-23-22(29)24-19-5-3-2-4-6-19/h2-10H,11-16H2,1H3,(H2,23,24,29). The van der Waals surface area contributed by atoms with Gasteiger partial charge in [0.1, 0.15) is 0 Å². The van der Waals surface area contributed by atoms with Crippen LogP contribution in [-0.2, 0) is 4.79 Å². The maximum Gasteiger partial charge on any atom is 0.319 e. The Morgan fingerprint density at radius 1 is 0.897 bits per heavy atom. The third-order valence-corrected chi connectivity index (χ3v) is 4.93. The van der Waals surface area contributed by atoms with E-state index in [0.29, 0.717) is 30.9 Å². The fourth-order valence-corrected chi connectivity index (χ4v) is 3.26. The zero-order chi connectivity index (χ0) is 20.6. The average Bonchev–Trinajstić information content (AvgIpc) is 2.74. The van der Waals surface area contributed by atoms with E-state index in [-0.39, 0.29) is 24.1 Å². The molecule has 2 N–H and O–H groups in total. The fourth-order valence-electron chi connectivity index (χ4n) is 3.26. The summed E-state index contributed by atoms with van der Waals surface area (Å²) in [5.74, 6) is 0.0922. The molecule has 0 aliphatic carbocycles. The second-order valence-electron chi connectivity index (χ2n) is 6.97. The minimum atomic E-state index is -0.317. The number of carbonyl (C=O) groups is 3. The van der Waals surface area contributed by atoms with E-state index in [1.807, 2.05) is 47.4 Å². The predicted molar refractivity (Wildman–Crippen MR) is 113 cm³/mol. The Bertz CT molecular complexity index is 844. The van der Waals surface area contributed by atoms with Crippen LogP contribution in [0.15, 0.2) is 54.6 Å². The Morgan fingerprint density at radius 3 is 2.17 bits per heavy atom. The van der Waals surface area contributed by atoms with Gasteiger partial charge in [0, 0.05) is 56.1 Å². The molecule has 0 spiro atoms. The lowest BCUT2D eigenvalue weighted by Gasteiger charge is -2.36. The van der Waals surface area contributed by atoms with Gasteiger partial charge in [-0.1, -0.05) is 18.2 Å². The van der Waals surface area contributed by atoms with Crippen molar-refractivity contribution in [2.24, 2.45) is 0 Å². The monoisotopic (exact) mass is 394 g/mol. The number of Topliss-reactive ketones (excluding diaryl/α,β-unsaturated/α-hetero) is 1. The normalized spacial score (nSPS) is 13.7. The van der Waals surface area contributed by atoms with Crippen molar-refractivity contribution in [3.63, 3.8) is 0 Å². The van der Waals surface area contributed by atoms with Crippen molar-refractivity contribution >= 4 is 29.1 Å². The van der Waals surface area contributed by atoms with Crippen LogP contribution < -0.4 is 15.5 Å². The van der Waals surface area contributed by atoms with Crippen LogP contribution in [0.5, 0.6) is 0 Å². The molecule has 0 unspecified atom stereocenters. The number of amides is 3. The number of para-hydroxylation sites is 1. The molecule has 1 heterocycles. The SMILES string of the molecule is CC(=O)c1ccc(N2CCN(C(=O)CCNC(=O)Nc3ccccc3)CC2)cc1. The van der Waals surface area contributed by atoms with Crippen LogP contribution in [0.25, 0.3) is 0 Å². The summed E-state index contributed by atoms with van der Waals surface area (Å²) in [6, 6.07) is 16.4. The minimum Gasteiger partial charge on any atom is -0.368 e. The molecule has 0 bridgehead atoms. The highest BCUT2D eigenvalue weighted by Gasteiger charge is 2.21. The zero-order valence-electron chi connectivity index (χ0n) is 16.6. The molecular weight excluding hydrogens is 368 g/mol. The Hall–Kier alpha value is -3.35. The van der Waals surface area contributed by atoms with Crippen LogP contribution >= 0.6 is 0 Å². The van der Waals surface area contributed by atoms with E-state index in [2.05, 4.69) is 15.5 Å². The summed E-state index contributed by atoms with van der Waals surface area (Å²) in [6.07, 6.45) is 0.273. The summed E-state index contributed by atoms with van der Waals surface area (Å²) in [4.78, 5) is 39.7. The number of ketones is 1. The molecule has 1 saturated heterocycles. The number of nitrogens with zero attached hydrogens (tertiary/aromatic N) is 2. The van der Waals surface area contributed by atoms with Gasteiger partial charge in [0.15, 0.2) is 5.78 Å². The van der Waals surface area contributed by atoms with Crippen LogP contribution in [0.2, 0.25) is 0 Å². The number of hydrogen-bond acceptors (Lipinski definition) is 4. The number of nitrogens with one attached hydrogen (secondary N) is 2. The van der Waals surface area contributed by atoms with Gasteiger partial charge in [-0.15, -0.1) is 0 Å². The van der Waals surface area contributed by atoms with Crippen molar-refractivity contribution in [2.45, 2.75) is 13.3 Å². The van der Waals surface area contributed by atoms with Gasteiger partial charge in [0.2, 0.25) is 5.91 Å². The maximum absolute atomic E-state index is 12.4. The van der Waals surface area contributed by atoms with Crippen LogP contribution in [0.3, 0.4) is 0 Å². The number of urea groups is 1. The van der Waals surface area contributed by atoms with E-state index in [4.69, 9.17) is 0 Å². The Morgan fingerprint density at radius 2 is 1.55 bits per heavy atom. The number of piperazine rings is 1. The molecule has 1 aliphatic rings. The van der Waals surface area contributed by atoms with Gasteiger partial charge in [-0.25, -0.2) is 4.79 Å². The molecule has 0 saturated carbocycles. The van der Waals surface area contributed by atoms with Gasteiger partial charge in [0.25, 0.3) is 0 Å². The smallest absolute Gasteiger partial charge is 0.319 e. The van der Waals surface area contributed by atoms with E-state index < -0.39 is 0 Å². The predicted octanol–water partition coefficient (Wildman–Crippen LogP) is 2.75. The van der Waals surface area contributed by atoms with Crippen molar-refractivity contribution < 1.29 is 14.4 Å². The fraction of sp³-hybridized carbons (Fsp3) is 0.318. The van der Waals surface area contributed by atoms with E-state index in [1.165, 1.54) is 0 Å². The molecule has 7 heteroatoms. The van der Waals surface area contributed by atoms with Crippen molar-refractivity contribution in [3.8, 4) is 0 Å². The molecule has 3 amide bonds. The first-order valence-electron chi connectivity index (χ1n) is 9.76. The first-order chi connectivity index (χ1) is 14.0. The van der Waals surface area contributed by atoms with Crippen LogP contribution in [-0.4, -0.2) is 55.3 Å². The van der Waals surface area contributed by atoms with E-state index >= 15 is 0 Å². The largest absolute Gasteiger partial charge is 0.368 e. The molecule has 2 aromatic carbocycles. The van der Waals surface area contributed by atoms with Gasteiger partial charge in [0.05, 0.1) is 0 Å². The Labute approximate surface area is 170 Å². The molecule has 0 aromatic heterocycles. The van der Waals surface area contributed by atoms with Crippen molar-refractivity contribution in [2.75, 3.05) is 42.9 Å². The summed E-state index contributed by atoms with van der Waals surface area (Å²) >= 11 is 0. The van der Waals surface area contributed by atoms with Crippen LogP contribution in [0, 0.1) is 0 Å². The molecule has 0 radical (unpaired) electrons. The topological polar surface area (TPSA) is 81.8 Å². The molecule has 0 atom stereocenters. The van der Waals surface area contributed by atoms with Crippen molar-refractivity contribution in [1.29, 1.82) is 0 Å². The van der Waals surface area contributed by atoms with Gasteiger partial charge in [-0.2, -0.15) is 0 Å². The maximum atomic E-state index is 12.4. The second kappa shape index (κ2) is 9.73. The van der Waals surface area contributed by atoms with E-state index in [0.717, 1.165) is 18.8 Å². The van der Waals surface area contributed by atoms with E-state index in [9.17, 15) is 14.4 Å². The third-order valence-electron chi connectivity index (χ3n) is 4.93. The summed E-state index contributed by atoms with van der Waals surface area (Å²) in [5, 5.41) is 5.44. The molecule has 1 aliphatic heterocycles. The summed E-state index contributed by atoms with van der Waals surface area (Å²) in [7, 11) is 0. The highest BCUT2D eigenvalue weighted by molar-refractivity contribution is 5.94. The number of anilines is 2. The lowest BCUT2D eigenvalue weighted by molar-refractivity contribution is -0.131. The van der Waals surface area contributed by atoms with Crippen molar-refractivity contribution in [3.05, 3.63) is 60.2 Å². The lowest BCUT2D eigenvalue weighted by atomic mass is 10.1. The highest BCUT2D eigenvalue weighted by Crippen LogP contribution is 2.18.